The Balaban J connectivity index is 1.95. The van der Waals surface area contributed by atoms with Crippen LogP contribution in [0.1, 0.15) is 18.0 Å². The summed E-state index contributed by atoms with van der Waals surface area (Å²) < 4.78 is 0. The van der Waals surface area contributed by atoms with Gasteiger partial charge in [0.15, 0.2) is 6.04 Å². The van der Waals surface area contributed by atoms with Gasteiger partial charge in [-0.3, -0.25) is 0 Å². The van der Waals surface area contributed by atoms with E-state index in [1.165, 1.54) is 0 Å². The molecule has 108 valence electrons. The summed E-state index contributed by atoms with van der Waals surface area (Å²) in [6.45, 7) is 1.72. The molecule has 1 aliphatic rings. The van der Waals surface area contributed by atoms with Crippen LogP contribution in [0.25, 0.3) is 0 Å². The van der Waals surface area contributed by atoms with Gasteiger partial charge in [-0.2, -0.15) is 0 Å². The first-order valence-electron chi connectivity index (χ1n) is 6.59. The molecule has 6 heteroatoms. The highest BCUT2D eigenvalue weighted by Crippen LogP contribution is 2.13. The normalized spacial score (nSPS) is 20.4. The number of carboxylic acids is 1. The standard InChI is InChI=1S/C14H19N3O3/c1-17-8-7-11(9-17)15-14(20)16-12(13(18)19)10-5-3-2-4-6-10/h2-6,11-12H,7-9H2,1H3,(H,18,19)(H2,15,16,20)/t11?,12-/m0/s1. The third-order valence-electron chi connectivity index (χ3n) is 3.38. The summed E-state index contributed by atoms with van der Waals surface area (Å²) in [7, 11) is 1.99. The zero-order valence-corrected chi connectivity index (χ0v) is 11.4. The molecule has 3 N–H and O–H groups in total. The number of hydrogen-bond donors (Lipinski definition) is 3. The molecule has 0 spiro atoms. The fourth-order valence-corrected chi connectivity index (χ4v) is 2.34. The van der Waals surface area contributed by atoms with Gasteiger partial charge >= 0.3 is 12.0 Å². The Labute approximate surface area is 117 Å². The fourth-order valence-electron chi connectivity index (χ4n) is 2.34. The SMILES string of the molecule is CN1CCC(NC(=O)N[C@H](C(=O)O)c2ccccc2)C1. The molecular formula is C14H19N3O3. The Hall–Kier alpha value is -2.08. The van der Waals surface area contributed by atoms with Crippen molar-refractivity contribution >= 4 is 12.0 Å². The number of nitrogens with zero attached hydrogens (tertiary/aromatic N) is 1. The molecule has 1 aromatic carbocycles. The van der Waals surface area contributed by atoms with Crippen LogP contribution >= 0.6 is 0 Å². The minimum Gasteiger partial charge on any atom is -0.479 e. The van der Waals surface area contributed by atoms with Crippen molar-refractivity contribution in [3.63, 3.8) is 0 Å². The summed E-state index contributed by atoms with van der Waals surface area (Å²) >= 11 is 0. The van der Waals surface area contributed by atoms with E-state index < -0.39 is 18.0 Å². The number of carboxylic acid groups (broad SMARTS) is 1. The van der Waals surface area contributed by atoms with Crippen molar-refractivity contribution in [2.24, 2.45) is 0 Å². The van der Waals surface area contributed by atoms with Crippen LogP contribution in [0.5, 0.6) is 0 Å². The summed E-state index contributed by atoms with van der Waals surface area (Å²) in [6, 6.07) is 7.26. The van der Waals surface area contributed by atoms with Gasteiger partial charge in [-0.05, 0) is 25.6 Å². The highest BCUT2D eigenvalue weighted by Gasteiger charge is 2.25. The molecule has 0 radical (unpaired) electrons. The van der Waals surface area contributed by atoms with Gasteiger partial charge in [0.05, 0.1) is 0 Å². The van der Waals surface area contributed by atoms with E-state index in [1.807, 2.05) is 7.05 Å². The molecule has 2 rings (SSSR count). The number of likely N-dealkylation sites (N-methyl/N-ethyl adjacent to an activating group) is 1. The molecule has 1 aromatic rings. The Morgan fingerprint density at radius 2 is 2.05 bits per heavy atom. The third-order valence-corrected chi connectivity index (χ3v) is 3.38. The quantitative estimate of drug-likeness (QED) is 0.761. The van der Waals surface area contributed by atoms with E-state index in [0.29, 0.717) is 5.56 Å². The van der Waals surface area contributed by atoms with Gasteiger partial charge in [0.1, 0.15) is 0 Å². The number of aliphatic carboxylic acids is 1. The Kier molecular flexibility index (Phi) is 4.57. The molecule has 0 aliphatic carbocycles. The van der Waals surface area contributed by atoms with Crippen molar-refractivity contribution in [2.45, 2.75) is 18.5 Å². The van der Waals surface area contributed by atoms with Crippen LogP contribution < -0.4 is 10.6 Å². The van der Waals surface area contributed by atoms with E-state index in [1.54, 1.807) is 30.3 Å². The monoisotopic (exact) mass is 277 g/mol. The lowest BCUT2D eigenvalue weighted by Gasteiger charge is -2.18. The molecule has 6 nitrogen and oxygen atoms in total. The number of carbonyl (C=O) groups excluding carboxylic acids is 1. The summed E-state index contributed by atoms with van der Waals surface area (Å²) in [4.78, 5) is 25.3. The first-order valence-corrected chi connectivity index (χ1v) is 6.59. The second kappa shape index (κ2) is 6.38. The molecule has 1 aliphatic heterocycles. The van der Waals surface area contributed by atoms with Crippen LogP contribution in [-0.4, -0.2) is 48.2 Å². The zero-order chi connectivity index (χ0) is 14.5. The number of likely N-dealkylation sites (tertiary alicyclic amines) is 1. The molecule has 0 saturated carbocycles. The van der Waals surface area contributed by atoms with Crippen LogP contribution in [0.2, 0.25) is 0 Å². The topological polar surface area (TPSA) is 81.7 Å². The molecule has 1 unspecified atom stereocenters. The largest absolute Gasteiger partial charge is 0.479 e. The van der Waals surface area contributed by atoms with Gasteiger partial charge in [0.25, 0.3) is 0 Å². The Morgan fingerprint density at radius 3 is 2.60 bits per heavy atom. The van der Waals surface area contributed by atoms with Crippen LogP contribution in [0.15, 0.2) is 30.3 Å². The average molecular weight is 277 g/mol. The molecule has 1 saturated heterocycles. The molecule has 1 fully saturated rings. The van der Waals surface area contributed by atoms with E-state index in [9.17, 15) is 14.7 Å². The van der Waals surface area contributed by atoms with Gasteiger partial charge in [-0.15, -0.1) is 0 Å². The molecule has 0 aromatic heterocycles. The highest BCUT2D eigenvalue weighted by atomic mass is 16.4. The predicted octanol–water partition coefficient (Wildman–Crippen LogP) is 0.816. The van der Waals surface area contributed by atoms with E-state index in [2.05, 4.69) is 15.5 Å². The molecule has 20 heavy (non-hydrogen) atoms. The number of carbonyl (C=O) groups is 2. The first-order chi connectivity index (χ1) is 9.56. The van der Waals surface area contributed by atoms with Crippen LogP contribution in [-0.2, 0) is 4.79 Å². The van der Waals surface area contributed by atoms with Crippen molar-refractivity contribution in [2.75, 3.05) is 20.1 Å². The second-order valence-electron chi connectivity index (χ2n) is 5.05. The lowest BCUT2D eigenvalue weighted by molar-refractivity contribution is -0.139. The van der Waals surface area contributed by atoms with Crippen LogP contribution in [0, 0.1) is 0 Å². The number of rotatable bonds is 4. The predicted molar refractivity (Wildman–Crippen MR) is 74.4 cm³/mol. The van der Waals surface area contributed by atoms with Gasteiger partial charge in [0.2, 0.25) is 0 Å². The maximum absolute atomic E-state index is 11.9. The Morgan fingerprint density at radius 1 is 1.35 bits per heavy atom. The Bertz CT molecular complexity index is 478. The number of nitrogens with one attached hydrogen (secondary N) is 2. The zero-order valence-electron chi connectivity index (χ0n) is 11.4. The number of amides is 2. The second-order valence-corrected chi connectivity index (χ2v) is 5.05. The van der Waals surface area contributed by atoms with Gasteiger partial charge in [-0.25, -0.2) is 9.59 Å². The van der Waals surface area contributed by atoms with Crippen molar-refractivity contribution in [3.8, 4) is 0 Å². The van der Waals surface area contributed by atoms with Crippen molar-refractivity contribution in [1.82, 2.24) is 15.5 Å². The fraction of sp³-hybridized carbons (Fsp3) is 0.429. The summed E-state index contributed by atoms with van der Waals surface area (Å²) in [6.07, 6.45) is 0.882. The minimum atomic E-state index is -1.07. The van der Waals surface area contributed by atoms with E-state index >= 15 is 0 Å². The summed E-state index contributed by atoms with van der Waals surface area (Å²) in [5, 5.41) is 14.5. The first kappa shape index (κ1) is 14.3. The number of urea groups is 1. The number of benzene rings is 1. The maximum atomic E-state index is 11.9. The lowest BCUT2D eigenvalue weighted by atomic mass is 10.1. The van der Waals surface area contributed by atoms with Crippen LogP contribution in [0.3, 0.4) is 0 Å². The van der Waals surface area contributed by atoms with Gasteiger partial charge in [-0.1, -0.05) is 30.3 Å². The van der Waals surface area contributed by atoms with E-state index in [0.717, 1.165) is 19.5 Å². The maximum Gasteiger partial charge on any atom is 0.330 e. The average Bonchev–Trinajstić information content (AvgIpc) is 2.82. The molecule has 0 bridgehead atoms. The molecular weight excluding hydrogens is 258 g/mol. The third kappa shape index (κ3) is 3.71. The molecule has 1 heterocycles. The van der Waals surface area contributed by atoms with Gasteiger partial charge in [0, 0.05) is 12.6 Å². The summed E-state index contributed by atoms with van der Waals surface area (Å²) in [5.74, 6) is -1.07. The molecule has 2 atom stereocenters. The van der Waals surface area contributed by atoms with Gasteiger partial charge < -0.3 is 20.6 Å². The van der Waals surface area contributed by atoms with Crippen molar-refractivity contribution in [3.05, 3.63) is 35.9 Å². The van der Waals surface area contributed by atoms with E-state index in [4.69, 9.17) is 0 Å². The highest BCUT2D eigenvalue weighted by molar-refractivity contribution is 5.83. The van der Waals surface area contributed by atoms with Crippen molar-refractivity contribution in [1.29, 1.82) is 0 Å². The smallest absolute Gasteiger partial charge is 0.330 e. The van der Waals surface area contributed by atoms with Crippen LogP contribution in [0.4, 0.5) is 4.79 Å². The molecule has 2 amide bonds. The van der Waals surface area contributed by atoms with Crippen molar-refractivity contribution < 1.29 is 14.7 Å². The minimum absolute atomic E-state index is 0.0743. The van der Waals surface area contributed by atoms with E-state index in [-0.39, 0.29) is 6.04 Å². The number of hydrogen-bond acceptors (Lipinski definition) is 3. The summed E-state index contributed by atoms with van der Waals surface area (Å²) in [5.41, 5.74) is 0.554. The lowest BCUT2D eigenvalue weighted by Crippen LogP contribution is -2.46.